The number of benzene rings is 4. The van der Waals surface area contributed by atoms with Crippen LogP contribution in [0.3, 0.4) is 0 Å². The lowest BCUT2D eigenvalue weighted by molar-refractivity contribution is -0.155. The van der Waals surface area contributed by atoms with Gasteiger partial charge in [-0.3, -0.25) is 14.4 Å². The van der Waals surface area contributed by atoms with E-state index in [1.54, 1.807) is 54.6 Å². The van der Waals surface area contributed by atoms with Crippen molar-refractivity contribution >= 4 is 28.7 Å². The SMILES string of the molecule is O=C(COc1cccc([C@](O)(C(=O)O)c2ccccc2)c1)NC1CC(NC(=O)c2ccc(CNC[C@H](O)c3ccc(O)c4[nH]c(=O)ccc34)cc2)C1. The van der Waals surface area contributed by atoms with Crippen LogP contribution in [0.2, 0.25) is 0 Å². The van der Waals surface area contributed by atoms with Crippen LogP contribution in [0.1, 0.15) is 51.6 Å². The van der Waals surface area contributed by atoms with Gasteiger partial charge in [0.25, 0.3) is 11.8 Å². The molecule has 8 N–H and O–H groups in total. The van der Waals surface area contributed by atoms with Crippen LogP contribution in [-0.2, 0) is 21.7 Å². The van der Waals surface area contributed by atoms with Gasteiger partial charge in [0.2, 0.25) is 11.2 Å². The number of phenols is 1. The number of aromatic nitrogens is 1. The number of hydrogen-bond donors (Lipinski definition) is 8. The second-order valence-corrected chi connectivity index (χ2v) is 12.7. The molecule has 268 valence electrons. The van der Waals surface area contributed by atoms with E-state index in [0.717, 1.165) is 5.56 Å². The number of rotatable bonds is 14. The number of hydrogen-bond acceptors (Lipinski definition) is 9. The highest BCUT2D eigenvalue weighted by atomic mass is 16.5. The molecule has 52 heavy (non-hydrogen) atoms. The van der Waals surface area contributed by atoms with Crippen molar-refractivity contribution in [1.29, 1.82) is 0 Å². The molecule has 0 aliphatic heterocycles. The Balaban J connectivity index is 0.918. The highest BCUT2D eigenvalue weighted by Gasteiger charge is 2.40. The zero-order chi connectivity index (χ0) is 36.8. The molecule has 2 atom stereocenters. The van der Waals surface area contributed by atoms with Gasteiger partial charge in [-0.25, -0.2) is 4.79 Å². The summed E-state index contributed by atoms with van der Waals surface area (Å²) in [7, 11) is 0. The topological polar surface area (TPSA) is 210 Å². The quantitative estimate of drug-likeness (QED) is 0.0847. The number of aliphatic carboxylic acids is 1. The first-order valence-electron chi connectivity index (χ1n) is 16.7. The lowest BCUT2D eigenvalue weighted by Gasteiger charge is -2.36. The van der Waals surface area contributed by atoms with Crippen molar-refractivity contribution in [2.45, 2.75) is 43.2 Å². The number of phenolic OH excluding ortho intramolecular Hbond substituents is 1. The highest BCUT2D eigenvalue weighted by molar-refractivity contribution is 5.94. The molecule has 1 fully saturated rings. The second kappa shape index (κ2) is 15.5. The van der Waals surface area contributed by atoms with Crippen LogP contribution in [-0.4, -0.2) is 68.4 Å². The van der Waals surface area contributed by atoms with Gasteiger partial charge in [-0.05, 0) is 65.9 Å². The molecule has 1 saturated carbocycles. The predicted molar refractivity (Wildman–Crippen MR) is 191 cm³/mol. The number of aliphatic hydroxyl groups is 2. The minimum atomic E-state index is -2.30. The summed E-state index contributed by atoms with van der Waals surface area (Å²) in [6.45, 7) is 0.332. The molecular formula is C39H38N4O9. The molecule has 1 heterocycles. The maximum absolute atomic E-state index is 12.8. The van der Waals surface area contributed by atoms with E-state index in [4.69, 9.17) is 4.74 Å². The molecule has 5 aromatic rings. The smallest absolute Gasteiger partial charge is 0.345 e. The van der Waals surface area contributed by atoms with Gasteiger partial charge in [0, 0.05) is 47.8 Å². The molecule has 1 aliphatic rings. The number of ether oxygens (including phenoxy) is 1. The summed E-state index contributed by atoms with van der Waals surface area (Å²) < 4.78 is 5.61. The van der Waals surface area contributed by atoms with Gasteiger partial charge in [-0.1, -0.05) is 60.7 Å². The van der Waals surface area contributed by atoms with Crippen molar-refractivity contribution in [2.24, 2.45) is 0 Å². The first-order valence-corrected chi connectivity index (χ1v) is 16.7. The molecular weight excluding hydrogens is 668 g/mol. The van der Waals surface area contributed by atoms with E-state index in [1.807, 2.05) is 12.1 Å². The normalized spacial score (nSPS) is 17.0. The standard InChI is InChI=1S/C39H38N4O9/c44-32-15-13-30(31-14-16-34(46)43-36(31)32)33(45)21-40-20-23-9-11-24(12-10-23)37(48)42-28-18-27(19-28)41-35(47)22-52-29-8-4-7-26(17-29)39(51,38(49)50)25-5-2-1-3-6-25/h1-17,27-28,33,40,44-45,51H,18-22H2,(H,41,47)(H,42,48)(H,43,46)(H,49,50)/t27?,28?,33-,39-/m0/s1. The number of aromatic hydroxyl groups is 1. The Morgan fingerprint density at radius 3 is 2.31 bits per heavy atom. The number of amides is 2. The summed E-state index contributed by atoms with van der Waals surface area (Å²) in [6, 6.07) is 26.8. The third-order valence-electron chi connectivity index (χ3n) is 9.11. The van der Waals surface area contributed by atoms with E-state index in [1.165, 1.54) is 36.4 Å². The van der Waals surface area contributed by atoms with E-state index in [9.17, 15) is 39.6 Å². The van der Waals surface area contributed by atoms with Gasteiger partial charge >= 0.3 is 5.97 Å². The molecule has 6 rings (SSSR count). The van der Waals surface area contributed by atoms with Crippen molar-refractivity contribution in [2.75, 3.05) is 13.2 Å². The van der Waals surface area contributed by atoms with Crippen molar-refractivity contribution < 1.29 is 39.5 Å². The van der Waals surface area contributed by atoms with Crippen molar-refractivity contribution in [3.05, 3.63) is 141 Å². The van der Waals surface area contributed by atoms with Gasteiger partial charge < -0.3 is 46.1 Å². The van der Waals surface area contributed by atoms with Gasteiger partial charge in [0.15, 0.2) is 6.61 Å². The minimum absolute atomic E-state index is 0.0768. The van der Waals surface area contributed by atoms with Gasteiger partial charge in [-0.2, -0.15) is 0 Å². The third-order valence-corrected chi connectivity index (χ3v) is 9.11. The van der Waals surface area contributed by atoms with Crippen LogP contribution in [0.15, 0.2) is 108 Å². The second-order valence-electron chi connectivity index (χ2n) is 12.7. The monoisotopic (exact) mass is 706 g/mol. The van der Waals surface area contributed by atoms with Crippen LogP contribution < -0.4 is 26.2 Å². The van der Waals surface area contributed by atoms with E-state index >= 15 is 0 Å². The number of carbonyl (C=O) groups excluding carboxylic acids is 2. The largest absolute Gasteiger partial charge is 0.506 e. The first kappa shape index (κ1) is 35.8. The fourth-order valence-electron chi connectivity index (χ4n) is 6.23. The number of pyridine rings is 1. The van der Waals surface area contributed by atoms with E-state index < -0.39 is 17.7 Å². The molecule has 13 nitrogen and oxygen atoms in total. The summed E-state index contributed by atoms with van der Waals surface area (Å²) >= 11 is 0. The number of carbonyl (C=O) groups is 3. The number of carboxylic acids is 1. The third kappa shape index (κ3) is 7.97. The number of H-pyrrole nitrogens is 1. The zero-order valence-corrected chi connectivity index (χ0v) is 27.9. The summed E-state index contributed by atoms with van der Waals surface area (Å²) in [4.78, 5) is 51.7. The van der Waals surface area contributed by atoms with Crippen molar-refractivity contribution in [3.63, 3.8) is 0 Å². The number of fused-ring (bicyclic) bond motifs is 1. The minimum Gasteiger partial charge on any atom is -0.506 e. The van der Waals surface area contributed by atoms with E-state index in [0.29, 0.717) is 35.9 Å². The Bertz CT molecular complexity index is 2130. The average molecular weight is 707 g/mol. The molecule has 0 bridgehead atoms. The summed E-state index contributed by atoms with van der Waals surface area (Å²) in [6.07, 6.45) is 0.201. The van der Waals surface area contributed by atoms with Crippen LogP contribution in [0, 0.1) is 0 Å². The molecule has 4 aromatic carbocycles. The fourth-order valence-corrected chi connectivity index (χ4v) is 6.23. The Morgan fingerprint density at radius 1 is 0.865 bits per heavy atom. The van der Waals surface area contributed by atoms with Crippen molar-refractivity contribution in [3.8, 4) is 11.5 Å². The maximum Gasteiger partial charge on any atom is 0.345 e. The van der Waals surface area contributed by atoms with Crippen LogP contribution >= 0.6 is 0 Å². The number of carboxylic acid groups (broad SMARTS) is 1. The van der Waals surface area contributed by atoms with Gasteiger partial charge in [0.05, 0.1) is 11.6 Å². The number of nitrogens with one attached hydrogen (secondary N) is 4. The van der Waals surface area contributed by atoms with Crippen molar-refractivity contribution in [1.82, 2.24) is 20.9 Å². The number of aromatic amines is 1. The molecule has 0 spiro atoms. The summed E-state index contributed by atoms with van der Waals surface area (Å²) in [5.41, 5.74) is -0.157. The van der Waals surface area contributed by atoms with Crippen LogP contribution in [0.25, 0.3) is 10.9 Å². The maximum atomic E-state index is 12.8. The Hall–Kier alpha value is -6.02. The lowest BCUT2D eigenvalue weighted by Crippen LogP contribution is -2.54. The van der Waals surface area contributed by atoms with Gasteiger partial charge in [0.1, 0.15) is 11.5 Å². The fraction of sp³-hybridized carbons (Fsp3) is 0.231. The van der Waals surface area contributed by atoms with E-state index in [-0.39, 0.29) is 70.8 Å². The molecule has 0 radical (unpaired) electrons. The van der Waals surface area contributed by atoms with E-state index in [2.05, 4.69) is 20.9 Å². The molecule has 2 amide bonds. The molecule has 13 heteroatoms. The van der Waals surface area contributed by atoms with Crippen LogP contribution in [0.4, 0.5) is 0 Å². The predicted octanol–water partition coefficient (Wildman–Crippen LogP) is 2.83. The van der Waals surface area contributed by atoms with Crippen LogP contribution in [0.5, 0.6) is 11.5 Å². The molecule has 0 saturated heterocycles. The Morgan fingerprint density at radius 2 is 1.58 bits per heavy atom. The first-order chi connectivity index (χ1) is 25.0. The molecule has 0 unspecified atom stereocenters. The lowest BCUT2D eigenvalue weighted by atomic mass is 9.86. The zero-order valence-electron chi connectivity index (χ0n) is 27.9. The summed E-state index contributed by atoms with van der Waals surface area (Å²) in [5.74, 6) is -1.90. The number of aliphatic hydroxyl groups excluding tert-OH is 1. The Labute approximate surface area is 297 Å². The average Bonchev–Trinajstić information content (AvgIpc) is 3.13. The molecule has 1 aromatic heterocycles. The Kier molecular flexibility index (Phi) is 10.7. The summed E-state index contributed by atoms with van der Waals surface area (Å²) in [5, 5.41) is 51.4. The molecule has 1 aliphatic carbocycles. The highest BCUT2D eigenvalue weighted by Crippen LogP contribution is 2.32. The van der Waals surface area contributed by atoms with Gasteiger partial charge in [-0.15, -0.1) is 0 Å².